The Balaban J connectivity index is 0.00000392. The molecule has 1 aliphatic carbocycles. The molecule has 6 nitrogen and oxygen atoms in total. The molecular formula is C21H39IN4O2. The summed E-state index contributed by atoms with van der Waals surface area (Å²) < 4.78 is 11.0. The van der Waals surface area contributed by atoms with E-state index in [1.54, 1.807) is 13.4 Å². The summed E-state index contributed by atoms with van der Waals surface area (Å²) in [5, 5.41) is 6.93. The van der Waals surface area contributed by atoms with Crippen LogP contribution in [0.3, 0.4) is 0 Å². The van der Waals surface area contributed by atoms with Crippen molar-refractivity contribution in [2.45, 2.75) is 52.5 Å². The molecule has 0 aliphatic heterocycles. The van der Waals surface area contributed by atoms with Crippen molar-refractivity contribution >= 4 is 29.9 Å². The van der Waals surface area contributed by atoms with Gasteiger partial charge in [-0.3, -0.25) is 9.89 Å². The van der Waals surface area contributed by atoms with Crippen molar-refractivity contribution in [1.29, 1.82) is 0 Å². The van der Waals surface area contributed by atoms with Gasteiger partial charge in [0, 0.05) is 33.4 Å². The summed E-state index contributed by atoms with van der Waals surface area (Å²) in [5.41, 5.74) is 0.331. The molecule has 1 atom stereocenters. The summed E-state index contributed by atoms with van der Waals surface area (Å²) >= 11 is 0. The zero-order valence-electron chi connectivity index (χ0n) is 18.0. The summed E-state index contributed by atoms with van der Waals surface area (Å²) in [6.07, 6.45) is 6.68. The fourth-order valence-electron chi connectivity index (χ4n) is 3.82. The van der Waals surface area contributed by atoms with Gasteiger partial charge in [0.05, 0.1) is 12.3 Å². The van der Waals surface area contributed by atoms with E-state index in [-0.39, 0.29) is 30.0 Å². The summed E-state index contributed by atoms with van der Waals surface area (Å²) in [6.45, 7) is 11.8. The molecule has 0 saturated heterocycles. The highest BCUT2D eigenvalue weighted by molar-refractivity contribution is 14.0. The Labute approximate surface area is 187 Å². The fourth-order valence-corrected chi connectivity index (χ4v) is 3.82. The molecule has 2 N–H and O–H groups in total. The first-order valence-corrected chi connectivity index (χ1v) is 10.5. The van der Waals surface area contributed by atoms with Crippen LogP contribution >= 0.6 is 24.0 Å². The van der Waals surface area contributed by atoms with Gasteiger partial charge in [0.2, 0.25) is 0 Å². The lowest BCUT2D eigenvalue weighted by atomic mass is 9.67. The molecular weight excluding hydrogens is 467 g/mol. The summed E-state index contributed by atoms with van der Waals surface area (Å²) in [5.74, 6) is 1.89. The first kappa shape index (κ1) is 25.2. The molecule has 0 bridgehead atoms. The van der Waals surface area contributed by atoms with Crippen LogP contribution in [0.1, 0.15) is 58.3 Å². The molecule has 1 saturated carbocycles. The second-order valence-corrected chi connectivity index (χ2v) is 7.42. The summed E-state index contributed by atoms with van der Waals surface area (Å²) in [7, 11) is 1.78. The Kier molecular flexibility index (Phi) is 12.1. The maximum atomic E-state index is 5.70. The molecule has 1 aromatic rings. The van der Waals surface area contributed by atoms with Crippen LogP contribution in [0.5, 0.6) is 0 Å². The van der Waals surface area contributed by atoms with Gasteiger partial charge in [0.25, 0.3) is 0 Å². The predicted octanol–water partition coefficient (Wildman–Crippen LogP) is 4.04. The molecule has 0 radical (unpaired) electrons. The van der Waals surface area contributed by atoms with Crippen LogP contribution in [-0.4, -0.2) is 57.3 Å². The third-order valence-corrected chi connectivity index (χ3v) is 5.76. The maximum absolute atomic E-state index is 5.70. The van der Waals surface area contributed by atoms with Gasteiger partial charge in [-0.25, -0.2) is 0 Å². The molecule has 7 heteroatoms. The van der Waals surface area contributed by atoms with E-state index in [2.05, 4.69) is 42.4 Å². The molecule has 162 valence electrons. The molecule has 1 fully saturated rings. The van der Waals surface area contributed by atoms with Gasteiger partial charge < -0.3 is 19.8 Å². The maximum Gasteiger partial charge on any atom is 0.191 e. The molecule has 1 aromatic heterocycles. The van der Waals surface area contributed by atoms with Gasteiger partial charge in [-0.2, -0.15) is 0 Å². The average molecular weight is 506 g/mol. The highest BCUT2D eigenvalue weighted by Gasteiger charge is 2.36. The molecule has 0 aromatic carbocycles. The lowest BCUT2D eigenvalue weighted by Gasteiger charge is -2.40. The Morgan fingerprint density at radius 3 is 2.54 bits per heavy atom. The minimum Gasteiger partial charge on any atom is -0.468 e. The zero-order valence-corrected chi connectivity index (χ0v) is 20.3. The van der Waals surface area contributed by atoms with Gasteiger partial charge >= 0.3 is 0 Å². The van der Waals surface area contributed by atoms with Crippen LogP contribution in [0.4, 0.5) is 0 Å². The Morgan fingerprint density at radius 1 is 1.29 bits per heavy atom. The first-order valence-electron chi connectivity index (χ1n) is 10.5. The fraction of sp³-hybridized carbons (Fsp3) is 0.762. The second kappa shape index (κ2) is 13.4. The van der Waals surface area contributed by atoms with Crippen LogP contribution in [0.25, 0.3) is 0 Å². The Bertz CT molecular complexity index is 543. The standard InChI is InChI=1S/C21H38N4O2.HI/c1-5-22-20(24-17-21(11-9-12-21)13-15-26-4)23-16-18(25(6-2)7-3)19-10-8-14-27-19;/h8,10,14,18H,5-7,9,11-13,15-17H2,1-4H3,(H2,22,23,24);1H. The average Bonchev–Trinajstić information content (AvgIpc) is 3.18. The van der Waals surface area contributed by atoms with E-state index in [0.29, 0.717) is 5.41 Å². The minimum absolute atomic E-state index is 0. The van der Waals surface area contributed by atoms with Gasteiger partial charge in [-0.15, -0.1) is 24.0 Å². The highest BCUT2D eigenvalue weighted by Crippen LogP contribution is 2.44. The molecule has 1 heterocycles. The summed E-state index contributed by atoms with van der Waals surface area (Å²) in [4.78, 5) is 7.32. The SMILES string of the molecule is CCNC(=NCC1(CCOC)CCC1)NCC(c1ccco1)N(CC)CC.I. The minimum atomic E-state index is 0. The number of hydrogen-bond acceptors (Lipinski definition) is 4. The number of nitrogens with one attached hydrogen (secondary N) is 2. The quantitative estimate of drug-likeness (QED) is 0.255. The topological polar surface area (TPSA) is 62.0 Å². The Hall–Kier alpha value is -0.800. The third-order valence-electron chi connectivity index (χ3n) is 5.76. The van der Waals surface area contributed by atoms with Crippen molar-refractivity contribution in [1.82, 2.24) is 15.5 Å². The molecule has 2 rings (SSSR count). The number of rotatable bonds is 12. The van der Waals surface area contributed by atoms with Crippen molar-refractivity contribution in [3.05, 3.63) is 24.2 Å². The van der Waals surface area contributed by atoms with Crippen LogP contribution in [0.2, 0.25) is 0 Å². The van der Waals surface area contributed by atoms with Crippen molar-refractivity contribution < 1.29 is 9.15 Å². The molecule has 1 unspecified atom stereocenters. The van der Waals surface area contributed by atoms with E-state index < -0.39 is 0 Å². The number of guanidine groups is 1. The monoisotopic (exact) mass is 506 g/mol. The van der Waals surface area contributed by atoms with E-state index in [4.69, 9.17) is 14.1 Å². The first-order chi connectivity index (χ1) is 13.2. The Morgan fingerprint density at radius 2 is 2.04 bits per heavy atom. The predicted molar refractivity (Wildman–Crippen MR) is 127 cm³/mol. The van der Waals surface area contributed by atoms with Crippen molar-refractivity contribution in [3.8, 4) is 0 Å². The van der Waals surface area contributed by atoms with E-state index in [0.717, 1.165) is 57.5 Å². The van der Waals surface area contributed by atoms with E-state index in [9.17, 15) is 0 Å². The number of ether oxygens (including phenoxy) is 1. The molecule has 1 aliphatic rings. The lowest BCUT2D eigenvalue weighted by molar-refractivity contribution is 0.0778. The normalized spacial score (nSPS) is 17.0. The van der Waals surface area contributed by atoms with Gasteiger partial charge in [-0.05, 0) is 56.8 Å². The van der Waals surface area contributed by atoms with Crippen molar-refractivity contribution in [3.63, 3.8) is 0 Å². The number of likely N-dealkylation sites (N-methyl/N-ethyl adjacent to an activating group) is 1. The van der Waals surface area contributed by atoms with Crippen molar-refractivity contribution in [2.75, 3.05) is 46.4 Å². The smallest absolute Gasteiger partial charge is 0.191 e. The van der Waals surface area contributed by atoms with Gasteiger partial charge in [0.1, 0.15) is 5.76 Å². The highest BCUT2D eigenvalue weighted by atomic mass is 127. The van der Waals surface area contributed by atoms with E-state index in [1.807, 2.05) is 6.07 Å². The van der Waals surface area contributed by atoms with E-state index >= 15 is 0 Å². The largest absolute Gasteiger partial charge is 0.468 e. The van der Waals surface area contributed by atoms with Gasteiger partial charge in [0.15, 0.2) is 5.96 Å². The summed E-state index contributed by atoms with van der Waals surface area (Å²) in [6, 6.07) is 4.22. The number of furan rings is 1. The number of methoxy groups -OCH3 is 1. The zero-order chi connectivity index (χ0) is 19.5. The van der Waals surface area contributed by atoms with Crippen LogP contribution in [-0.2, 0) is 4.74 Å². The van der Waals surface area contributed by atoms with Crippen LogP contribution in [0.15, 0.2) is 27.8 Å². The van der Waals surface area contributed by atoms with Crippen molar-refractivity contribution in [2.24, 2.45) is 10.4 Å². The van der Waals surface area contributed by atoms with E-state index in [1.165, 1.54) is 19.3 Å². The number of aliphatic imine (C=N–C) groups is 1. The molecule has 28 heavy (non-hydrogen) atoms. The lowest BCUT2D eigenvalue weighted by Crippen LogP contribution is -2.44. The van der Waals surface area contributed by atoms with Crippen LogP contribution < -0.4 is 10.6 Å². The molecule has 0 spiro atoms. The van der Waals surface area contributed by atoms with Crippen LogP contribution in [0, 0.1) is 5.41 Å². The number of halogens is 1. The second-order valence-electron chi connectivity index (χ2n) is 7.42. The molecule has 0 amide bonds. The number of hydrogen-bond donors (Lipinski definition) is 2. The third kappa shape index (κ3) is 7.22. The number of nitrogens with zero attached hydrogens (tertiary/aromatic N) is 2. The van der Waals surface area contributed by atoms with Gasteiger partial charge in [-0.1, -0.05) is 20.3 Å².